The maximum absolute atomic E-state index is 12.4. The number of rotatable bonds is 6. The van der Waals surface area contributed by atoms with Crippen LogP contribution in [0.2, 0.25) is 0 Å². The van der Waals surface area contributed by atoms with Gasteiger partial charge in [0.1, 0.15) is 11.4 Å². The van der Waals surface area contributed by atoms with Crippen LogP contribution in [0.5, 0.6) is 5.75 Å². The summed E-state index contributed by atoms with van der Waals surface area (Å²) in [6, 6.07) is 5.62. The molecule has 0 unspecified atom stereocenters. The van der Waals surface area contributed by atoms with Crippen molar-refractivity contribution in [3.8, 4) is 11.4 Å². The molecule has 26 heavy (non-hydrogen) atoms. The van der Waals surface area contributed by atoms with Gasteiger partial charge < -0.3 is 19.1 Å². The average molecular weight is 358 g/mol. The fraction of sp³-hybridized carbons (Fsp3) is 0.400. The summed E-state index contributed by atoms with van der Waals surface area (Å²) in [5.74, 6) is 0.225. The minimum Gasteiger partial charge on any atom is -0.495 e. The predicted molar refractivity (Wildman–Crippen MR) is 100 cm³/mol. The number of aliphatic hydroxyl groups is 1. The molecule has 0 aliphatic rings. The molecule has 0 fully saturated rings. The Bertz CT molecular complexity index is 800. The van der Waals surface area contributed by atoms with Gasteiger partial charge in [0.25, 0.3) is 0 Å². The number of nitrogens with zero attached hydrogens (tertiary/aromatic N) is 2. The van der Waals surface area contributed by atoms with Gasteiger partial charge in [-0.25, -0.2) is 9.78 Å². The van der Waals surface area contributed by atoms with Crippen molar-refractivity contribution in [2.75, 3.05) is 13.7 Å². The van der Waals surface area contributed by atoms with E-state index in [9.17, 15) is 9.90 Å². The Morgan fingerprint density at radius 2 is 2.08 bits per heavy atom. The van der Waals surface area contributed by atoms with Crippen LogP contribution in [-0.4, -0.2) is 39.9 Å². The second kappa shape index (κ2) is 8.19. The van der Waals surface area contributed by atoms with Gasteiger partial charge in [-0.3, -0.25) is 0 Å². The SMILES string of the molecule is COc1cc(/C=C(\CCO)C(=O)OC(C)(C)C)ccc1-n1cnc(C)c1. The van der Waals surface area contributed by atoms with Crippen LogP contribution in [0, 0.1) is 6.92 Å². The summed E-state index contributed by atoms with van der Waals surface area (Å²) in [5, 5.41) is 9.27. The number of benzene rings is 1. The molecular weight excluding hydrogens is 332 g/mol. The highest BCUT2D eigenvalue weighted by molar-refractivity contribution is 5.94. The van der Waals surface area contributed by atoms with Gasteiger partial charge in [0.15, 0.2) is 0 Å². The highest BCUT2D eigenvalue weighted by Crippen LogP contribution is 2.26. The smallest absolute Gasteiger partial charge is 0.334 e. The summed E-state index contributed by atoms with van der Waals surface area (Å²) in [6.45, 7) is 7.22. The van der Waals surface area contributed by atoms with E-state index in [0.717, 1.165) is 16.9 Å². The summed E-state index contributed by atoms with van der Waals surface area (Å²) in [6.07, 6.45) is 5.57. The van der Waals surface area contributed by atoms with Crippen molar-refractivity contribution < 1.29 is 19.4 Å². The predicted octanol–water partition coefficient (Wildman–Crippen LogP) is 3.30. The van der Waals surface area contributed by atoms with E-state index in [-0.39, 0.29) is 13.0 Å². The van der Waals surface area contributed by atoms with E-state index in [1.54, 1.807) is 19.5 Å². The number of aryl methyl sites for hydroxylation is 1. The second-order valence-electron chi connectivity index (χ2n) is 7.00. The number of ether oxygens (including phenoxy) is 2. The number of carbonyl (C=O) groups excluding carboxylic acids is 1. The van der Waals surface area contributed by atoms with Gasteiger partial charge in [0, 0.05) is 24.8 Å². The van der Waals surface area contributed by atoms with E-state index in [1.165, 1.54) is 0 Å². The fourth-order valence-corrected chi connectivity index (χ4v) is 2.45. The van der Waals surface area contributed by atoms with Crippen LogP contribution in [0.4, 0.5) is 0 Å². The lowest BCUT2D eigenvalue weighted by atomic mass is 10.1. The van der Waals surface area contributed by atoms with Gasteiger partial charge in [-0.2, -0.15) is 0 Å². The molecule has 1 N–H and O–H groups in total. The minimum absolute atomic E-state index is 0.130. The van der Waals surface area contributed by atoms with E-state index in [4.69, 9.17) is 9.47 Å². The number of imidazole rings is 1. The largest absolute Gasteiger partial charge is 0.495 e. The van der Waals surface area contributed by atoms with Crippen LogP contribution in [-0.2, 0) is 9.53 Å². The number of hydrogen-bond donors (Lipinski definition) is 1. The van der Waals surface area contributed by atoms with Gasteiger partial charge in [-0.15, -0.1) is 0 Å². The lowest BCUT2D eigenvalue weighted by Gasteiger charge is -2.20. The zero-order chi connectivity index (χ0) is 19.3. The molecule has 1 aromatic carbocycles. The molecule has 0 amide bonds. The number of carbonyl (C=O) groups is 1. The molecule has 2 aromatic rings. The van der Waals surface area contributed by atoms with E-state index in [2.05, 4.69) is 4.98 Å². The van der Waals surface area contributed by atoms with Crippen LogP contribution in [0.1, 0.15) is 38.4 Å². The molecule has 0 saturated carbocycles. The first-order valence-electron chi connectivity index (χ1n) is 8.47. The lowest BCUT2D eigenvalue weighted by Crippen LogP contribution is -2.25. The minimum atomic E-state index is -0.591. The van der Waals surface area contributed by atoms with Crippen molar-refractivity contribution in [3.05, 3.63) is 47.6 Å². The molecule has 0 aliphatic heterocycles. The Morgan fingerprint density at radius 1 is 1.35 bits per heavy atom. The lowest BCUT2D eigenvalue weighted by molar-refractivity contribution is -0.150. The summed E-state index contributed by atoms with van der Waals surface area (Å²) >= 11 is 0. The molecule has 2 rings (SSSR count). The molecule has 1 heterocycles. The normalized spacial score (nSPS) is 12.2. The van der Waals surface area contributed by atoms with Gasteiger partial charge in [0.05, 0.1) is 24.8 Å². The van der Waals surface area contributed by atoms with Crippen molar-refractivity contribution in [2.24, 2.45) is 0 Å². The third-order valence-electron chi connectivity index (χ3n) is 3.58. The van der Waals surface area contributed by atoms with E-state index in [0.29, 0.717) is 11.3 Å². The van der Waals surface area contributed by atoms with Crippen LogP contribution >= 0.6 is 0 Å². The summed E-state index contributed by atoms with van der Waals surface area (Å²) in [7, 11) is 1.60. The van der Waals surface area contributed by atoms with Crippen molar-refractivity contribution in [2.45, 2.75) is 39.7 Å². The molecule has 0 radical (unpaired) electrons. The topological polar surface area (TPSA) is 73.6 Å². The summed E-state index contributed by atoms with van der Waals surface area (Å²) in [5.41, 5.74) is 2.37. The number of aromatic nitrogens is 2. The van der Waals surface area contributed by atoms with Crippen molar-refractivity contribution in [3.63, 3.8) is 0 Å². The van der Waals surface area contributed by atoms with E-state index < -0.39 is 11.6 Å². The Morgan fingerprint density at radius 3 is 2.62 bits per heavy atom. The quantitative estimate of drug-likeness (QED) is 0.633. The molecule has 6 nitrogen and oxygen atoms in total. The van der Waals surface area contributed by atoms with Gasteiger partial charge >= 0.3 is 5.97 Å². The maximum Gasteiger partial charge on any atom is 0.334 e. The summed E-state index contributed by atoms with van der Waals surface area (Å²) in [4.78, 5) is 16.6. The van der Waals surface area contributed by atoms with Gasteiger partial charge in [-0.1, -0.05) is 6.07 Å². The first kappa shape index (κ1) is 19.7. The molecule has 0 aliphatic carbocycles. The molecule has 0 saturated heterocycles. The van der Waals surface area contributed by atoms with Crippen molar-refractivity contribution in [1.29, 1.82) is 0 Å². The third-order valence-corrected chi connectivity index (χ3v) is 3.58. The van der Waals surface area contributed by atoms with Crippen molar-refractivity contribution >= 4 is 12.0 Å². The molecule has 6 heteroatoms. The Hall–Kier alpha value is -2.60. The Balaban J connectivity index is 2.36. The second-order valence-corrected chi connectivity index (χ2v) is 7.00. The first-order chi connectivity index (χ1) is 12.2. The standard InChI is InChI=1S/C20H26N2O4/c1-14-12-22(13-21-14)17-7-6-15(11-18(17)25-5)10-16(8-9-23)19(24)26-20(2,3)4/h6-7,10-13,23H,8-9H2,1-5H3/b16-10+. The van der Waals surface area contributed by atoms with Crippen LogP contribution < -0.4 is 4.74 Å². The molecule has 0 atom stereocenters. The van der Waals surface area contributed by atoms with E-state index >= 15 is 0 Å². The molecule has 0 bridgehead atoms. The molecule has 140 valence electrons. The molecule has 1 aromatic heterocycles. The highest BCUT2D eigenvalue weighted by Gasteiger charge is 2.19. The first-order valence-corrected chi connectivity index (χ1v) is 8.47. The Kier molecular flexibility index (Phi) is 6.21. The summed E-state index contributed by atoms with van der Waals surface area (Å²) < 4.78 is 12.8. The van der Waals surface area contributed by atoms with Crippen LogP contribution in [0.15, 0.2) is 36.3 Å². The van der Waals surface area contributed by atoms with Crippen LogP contribution in [0.3, 0.4) is 0 Å². The van der Waals surface area contributed by atoms with Gasteiger partial charge in [0.2, 0.25) is 0 Å². The van der Waals surface area contributed by atoms with Gasteiger partial charge in [-0.05, 0) is 51.5 Å². The number of methoxy groups -OCH3 is 1. The number of aliphatic hydroxyl groups excluding tert-OH is 1. The zero-order valence-corrected chi connectivity index (χ0v) is 15.9. The van der Waals surface area contributed by atoms with Crippen molar-refractivity contribution in [1.82, 2.24) is 9.55 Å². The number of hydrogen-bond acceptors (Lipinski definition) is 5. The van der Waals surface area contributed by atoms with Crippen LogP contribution in [0.25, 0.3) is 11.8 Å². The fourth-order valence-electron chi connectivity index (χ4n) is 2.45. The maximum atomic E-state index is 12.4. The highest BCUT2D eigenvalue weighted by atomic mass is 16.6. The third kappa shape index (κ3) is 5.20. The monoisotopic (exact) mass is 358 g/mol. The molecular formula is C20H26N2O4. The van der Waals surface area contributed by atoms with E-state index in [1.807, 2.05) is 56.7 Å². The average Bonchev–Trinajstić information content (AvgIpc) is 2.99. The zero-order valence-electron chi connectivity index (χ0n) is 15.9. The molecule has 0 spiro atoms. The number of esters is 1. The Labute approximate surface area is 154 Å².